The third-order valence-corrected chi connectivity index (χ3v) is 6.58. The molecule has 0 radical (unpaired) electrons. The average Bonchev–Trinajstić information content (AvgIpc) is 2.97. The zero-order valence-corrected chi connectivity index (χ0v) is 21.1. The first-order valence-electron chi connectivity index (χ1n) is 12.2. The molecule has 4 aromatic rings. The molecule has 2 atom stereocenters. The molecule has 5 rings (SSSR count). The number of hydrogen-bond donors (Lipinski definition) is 2. The molecule has 1 aromatic heterocycles. The highest BCUT2D eigenvalue weighted by Gasteiger charge is 2.42. The van der Waals surface area contributed by atoms with Gasteiger partial charge in [-0.15, -0.1) is 0 Å². The second-order valence-electron chi connectivity index (χ2n) is 8.82. The van der Waals surface area contributed by atoms with Gasteiger partial charge in [-0.25, -0.2) is 4.79 Å². The number of aromatic amines is 1. The fourth-order valence-electron chi connectivity index (χ4n) is 4.71. The molecule has 1 fully saturated rings. The normalized spacial score (nSPS) is 17.6. The minimum absolute atomic E-state index is 0.370. The lowest BCUT2D eigenvalue weighted by Gasteiger charge is -2.41. The first-order chi connectivity index (χ1) is 18.5. The molecule has 2 N–H and O–H groups in total. The lowest BCUT2D eigenvalue weighted by atomic mass is 9.80. The summed E-state index contributed by atoms with van der Waals surface area (Å²) in [7, 11) is 3.25. The highest BCUT2D eigenvalue weighted by Crippen LogP contribution is 2.43. The molecule has 0 spiro atoms. The van der Waals surface area contributed by atoms with Gasteiger partial charge in [0.2, 0.25) is 0 Å². The zero-order chi connectivity index (χ0) is 26.5. The van der Waals surface area contributed by atoms with E-state index < -0.39 is 29.4 Å². The molecule has 0 saturated carbocycles. The van der Waals surface area contributed by atoms with Crippen LogP contribution in [0.25, 0.3) is 0 Å². The van der Waals surface area contributed by atoms with Crippen LogP contribution < -0.4 is 26.0 Å². The fourth-order valence-corrected chi connectivity index (χ4v) is 4.71. The van der Waals surface area contributed by atoms with Gasteiger partial charge >= 0.3 is 5.69 Å². The van der Waals surface area contributed by atoms with Crippen molar-refractivity contribution in [1.82, 2.24) is 14.9 Å². The Kier molecular flexibility index (Phi) is 7.41. The molecule has 0 bridgehead atoms. The van der Waals surface area contributed by atoms with Crippen LogP contribution in [0.3, 0.4) is 0 Å². The number of benzene rings is 3. The molecule has 2 unspecified atom stereocenters. The SMILES string of the molecule is COc1ccc(C(OC2CNCC(n3ccc(=O)[nH]c3=O)O2)(c2ccccc2)c2ccc(OC)cc2)cc1. The minimum atomic E-state index is -1.08. The van der Waals surface area contributed by atoms with Crippen LogP contribution in [0.2, 0.25) is 0 Å². The molecule has 1 aliphatic rings. The van der Waals surface area contributed by atoms with E-state index in [1.54, 1.807) is 14.2 Å². The van der Waals surface area contributed by atoms with E-state index in [0.29, 0.717) is 13.1 Å². The lowest BCUT2D eigenvalue weighted by molar-refractivity contribution is -0.238. The van der Waals surface area contributed by atoms with E-state index in [1.807, 2.05) is 78.9 Å². The number of hydrogen-bond acceptors (Lipinski definition) is 7. The molecule has 3 aromatic carbocycles. The van der Waals surface area contributed by atoms with E-state index in [-0.39, 0.29) is 0 Å². The Balaban J connectivity index is 1.61. The van der Waals surface area contributed by atoms with Gasteiger partial charge in [0, 0.05) is 25.4 Å². The number of ether oxygens (including phenoxy) is 4. The van der Waals surface area contributed by atoms with Crippen molar-refractivity contribution in [2.24, 2.45) is 0 Å². The summed E-state index contributed by atoms with van der Waals surface area (Å²) < 4.78 is 25.4. The van der Waals surface area contributed by atoms with Crippen molar-refractivity contribution >= 4 is 0 Å². The number of H-pyrrole nitrogens is 1. The summed E-state index contributed by atoms with van der Waals surface area (Å²) in [4.78, 5) is 26.3. The van der Waals surface area contributed by atoms with Gasteiger partial charge in [-0.05, 0) is 41.0 Å². The van der Waals surface area contributed by atoms with E-state index in [4.69, 9.17) is 18.9 Å². The number of nitrogens with one attached hydrogen (secondary N) is 2. The van der Waals surface area contributed by atoms with Crippen LogP contribution >= 0.6 is 0 Å². The maximum atomic E-state index is 12.5. The lowest BCUT2D eigenvalue weighted by Crippen LogP contribution is -2.50. The third kappa shape index (κ3) is 4.99. The van der Waals surface area contributed by atoms with Crippen molar-refractivity contribution in [2.45, 2.75) is 18.1 Å². The van der Waals surface area contributed by atoms with Gasteiger partial charge in [0.15, 0.2) is 12.5 Å². The molecule has 9 nitrogen and oxygen atoms in total. The van der Waals surface area contributed by atoms with Crippen molar-refractivity contribution in [1.29, 1.82) is 0 Å². The van der Waals surface area contributed by atoms with Crippen molar-refractivity contribution in [3.63, 3.8) is 0 Å². The zero-order valence-electron chi connectivity index (χ0n) is 21.1. The Morgan fingerprint density at radius 1 is 0.789 bits per heavy atom. The molecule has 9 heteroatoms. The van der Waals surface area contributed by atoms with Gasteiger partial charge in [-0.2, -0.15) is 0 Å². The number of rotatable bonds is 8. The Morgan fingerprint density at radius 3 is 1.92 bits per heavy atom. The number of morpholine rings is 1. The molecule has 38 heavy (non-hydrogen) atoms. The first-order valence-corrected chi connectivity index (χ1v) is 12.2. The number of aromatic nitrogens is 2. The second-order valence-corrected chi connectivity index (χ2v) is 8.82. The summed E-state index contributed by atoms with van der Waals surface area (Å²) in [5.74, 6) is 1.44. The third-order valence-electron chi connectivity index (χ3n) is 6.58. The first kappa shape index (κ1) is 25.5. The largest absolute Gasteiger partial charge is 0.497 e. The summed E-state index contributed by atoms with van der Waals surface area (Å²) in [6.07, 6.45) is -0.0110. The number of methoxy groups -OCH3 is 2. The Bertz CT molecular complexity index is 1420. The molecule has 196 valence electrons. The summed E-state index contributed by atoms with van der Waals surface area (Å²) in [6, 6.07) is 26.6. The van der Waals surface area contributed by atoms with Crippen LogP contribution in [0, 0.1) is 0 Å². The van der Waals surface area contributed by atoms with Gasteiger partial charge in [0.1, 0.15) is 17.1 Å². The second kappa shape index (κ2) is 11.1. The van der Waals surface area contributed by atoms with Gasteiger partial charge in [0.05, 0.1) is 14.2 Å². The van der Waals surface area contributed by atoms with Gasteiger partial charge in [0.25, 0.3) is 5.56 Å². The summed E-state index contributed by atoms with van der Waals surface area (Å²) in [6.45, 7) is 0.755. The van der Waals surface area contributed by atoms with E-state index in [2.05, 4.69) is 10.3 Å². The molecule has 1 aliphatic heterocycles. The topological polar surface area (TPSA) is 104 Å². The minimum Gasteiger partial charge on any atom is -0.497 e. The van der Waals surface area contributed by atoms with Crippen LogP contribution in [0.15, 0.2) is 101 Å². The average molecular weight is 516 g/mol. The van der Waals surface area contributed by atoms with Crippen molar-refractivity contribution in [3.05, 3.63) is 129 Å². The van der Waals surface area contributed by atoms with Crippen LogP contribution in [0.4, 0.5) is 0 Å². The standard InChI is InChI=1S/C29H29N3O6/c1-35-23-12-8-21(9-13-23)29(20-6-4-3-5-7-20,22-10-14-24(36-2)15-11-22)38-27-19-30-18-26(37-27)32-17-16-25(33)31-28(32)34/h3-17,26-27,30H,18-19H2,1-2H3,(H,31,33,34). The summed E-state index contributed by atoms with van der Waals surface area (Å²) in [5, 5.41) is 3.30. The van der Waals surface area contributed by atoms with E-state index in [9.17, 15) is 9.59 Å². The van der Waals surface area contributed by atoms with Crippen LogP contribution in [-0.4, -0.2) is 43.2 Å². The number of nitrogens with zero attached hydrogens (tertiary/aromatic N) is 1. The predicted molar refractivity (Wildman–Crippen MR) is 141 cm³/mol. The van der Waals surface area contributed by atoms with Gasteiger partial charge < -0.3 is 24.3 Å². The van der Waals surface area contributed by atoms with Crippen LogP contribution in [0.1, 0.15) is 22.9 Å². The Morgan fingerprint density at radius 2 is 1.37 bits per heavy atom. The van der Waals surface area contributed by atoms with Crippen LogP contribution in [0.5, 0.6) is 11.5 Å². The van der Waals surface area contributed by atoms with Crippen molar-refractivity contribution in [3.8, 4) is 11.5 Å². The highest BCUT2D eigenvalue weighted by molar-refractivity contribution is 5.49. The molecular formula is C29H29N3O6. The molecule has 0 aliphatic carbocycles. The highest BCUT2D eigenvalue weighted by atomic mass is 16.7. The Labute approximate surface area is 219 Å². The van der Waals surface area contributed by atoms with Gasteiger partial charge in [-0.1, -0.05) is 54.6 Å². The monoisotopic (exact) mass is 515 g/mol. The molecule has 0 amide bonds. The smallest absolute Gasteiger partial charge is 0.330 e. The summed E-state index contributed by atoms with van der Waals surface area (Å²) in [5.41, 5.74) is 0.518. The quantitative estimate of drug-likeness (QED) is 0.348. The Hall–Kier alpha value is -4.18. The van der Waals surface area contributed by atoms with Crippen molar-refractivity contribution in [2.75, 3.05) is 27.3 Å². The van der Waals surface area contributed by atoms with Crippen molar-refractivity contribution < 1.29 is 18.9 Å². The maximum absolute atomic E-state index is 12.5. The van der Waals surface area contributed by atoms with Gasteiger partial charge in [-0.3, -0.25) is 14.3 Å². The predicted octanol–water partition coefficient (Wildman–Crippen LogP) is 3.01. The molecular weight excluding hydrogens is 486 g/mol. The summed E-state index contributed by atoms with van der Waals surface area (Å²) >= 11 is 0. The van der Waals surface area contributed by atoms with E-state index >= 15 is 0 Å². The fraction of sp³-hybridized carbons (Fsp3) is 0.241. The van der Waals surface area contributed by atoms with E-state index in [0.717, 1.165) is 28.2 Å². The van der Waals surface area contributed by atoms with Crippen LogP contribution in [-0.2, 0) is 15.1 Å². The molecule has 1 saturated heterocycles. The van der Waals surface area contributed by atoms with E-state index in [1.165, 1.54) is 16.8 Å². The molecule has 2 heterocycles. The maximum Gasteiger partial charge on any atom is 0.330 e.